The Kier molecular flexibility index (Phi) is 9.30. The smallest absolute Gasteiger partial charge is 0.339 e. The molecular weight excluding hydrogens is 526 g/mol. The molecule has 4 N–H and O–H groups in total. The van der Waals surface area contributed by atoms with Crippen molar-refractivity contribution in [2.45, 2.75) is 42.9 Å². The molecule has 0 bridgehead atoms. The van der Waals surface area contributed by atoms with Gasteiger partial charge in [0.15, 0.2) is 6.29 Å². The minimum atomic E-state index is -1.66. The molecule has 0 aliphatic carbocycles. The lowest BCUT2D eigenvalue weighted by atomic mass is 9.80. The molecule has 12 nitrogen and oxygen atoms in total. The molecule has 214 valence electrons. The summed E-state index contributed by atoms with van der Waals surface area (Å²) in [5, 5.41) is 40.4. The van der Waals surface area contributed by atoms with Crippen molar-refractivity contribution in [1.82, 2.24) is 4.98 Å². The normalized spacial score (nSPS) is 29.8. The predicted octanol–water partition coefficient (Wildman–Crippen LogP) is 0.789. The Morgan fingerprint density at radius 2 is 1.80 bits per heavy atom. The van der Waals surface area contributed by atoms with Crippen LogP contribution in [-0.4, -0.2) is 95.2 Å². The molecule has 2 aliphatic heterocycles. The van der Waals surface area contributed by atoms with Crippen LogP contribution in [-0.2, 0) is 18.9 Å². The monoisotopic (exact) mass is 557 g/mol. The van der Waals surface area contributed by atoms with E-state index in [1.807, 2.05) is 0 Å². The standard InChI is InChI=1S/C28H31NO11/c1-4-16-17(9-8-14-10-15(12-29-11-14)25(34)36-2)21-18(26(35)37-3)6-5-7-19(21)38-27(16)40-28-24(33)23(32)22(31)20(13-30)39-28/h4-12,16-17,20,22-24,27-28,30-33H,1,13H2,2-3H3/b9-8+/t16-,17?,20-,22-,23+,24-,27+,28+/m1/s1. The maximum atomic E-state index is 12.7. The summed E-state index contributed by atoms with van der Waals surface area (Å²) in [5.74, 6) is -2.15. The zero-order valence-corrected chi connectivity index (χ0v) is 21.8. The number of hydrogen-bond donors (Lipinski definition) is 4. The van der Waals surface area contributed by atoms with E-state index < -0.39 is 67.4 Å². The van der Waals surface area contributed by atoms with Crippen LogP contribution in [0.3, 0.4) is 0 Å². The summed E-state index contributed by atoms with van der Waals surface area (Å²) < 4.78 is 27.3. The second kappa shape index (κ2) is 12.7. The molecule has 1 aromatic heterocycles. The Hall–Kier alpha value is -3.65. The van der Waals surface area contributed by atoms with Gasteiger partial charge in [0.05, 0.1) is 32.0 Å². The summed E-state index contributed by atoms with van der Waals surface area (Å²) in [5.41, 5.74) is 1.55. The molecule has 40 heavy (non-hydrogen) atoms. The molecule has 0 spiro atoms. The number of aromatic nitrogens is 1. The van der Waals surface area contributed by atoms with Crippen LogP contribution in [0.2, 0.25) is 0 Å². The SMILES string of the molecule is C=C[C@@H]1C(/C=C/c2cncc(C(=O)OC)c2)c2c(cccc2C(=O)OC)O[C@H]1O[C@@H]1O[C@H](CO)[C@@H](O)[C@H](O)[C@H]1O. The van der Waals surface area contributed by atoms with Crippen molar-refractivity contribution in [3.8, 4) is 5.75 Å². The van der Waals surface area contributed by atoms with Gasteiger partial charge >= 0.3 is 11.9 Å². The van der Waals surface area contributed by atoms with E-state index in [0.29, 0.717) is 11.1 Å². The quantitative estimate of drug-likeness (QED) is 0.266. The van der Waals surface area contributed by atoms with Crippen molar-refractivity contribution in [1.29, 1.82) is 0 Å². The van der Waals surface area contributed by atoms with Gasteiger partial charge in [-0.2, -0.15) is 0 Å². The fraction of sp³-hybridized carbons (Fsp3) is 0.393. The summed E-state index contributed by atoms with van der Waals surface area (Å²) in [6.45, 7) is 3.28. The Bertz CT molecular complexity index is 1260. The highest BCUT2D eigenvalue weighted by Crippen LogP contribution is 2.45. The summed E-state index contributed by atoms with van der Waals surface area (Å²) in [6, 6.07) is 6.42. The van der Waals surface area contributed by atoms with E-state index in [1.54, 1.807) is 48.7 Å². The molecule has 2 aromatic rings. The lowest BCUT2D eigenvalue weighted by Gasteiger charge is -2.43. The summed E-state index contributed by atoms with van der Waals surface area (Å²) in [7, 11) is 2.53. The van der Waals surface area contributed by atoms with Crippen LogP contribution in [0.25, 0.3) is 6.08 Å². The van der Waals surface area contributed by atoms with Crippen molar-refractivity contribution in [2.75, 3.05) is 20.8 Å². The van der Waals surface area contributed by atoms with Crippen molar-refractivity contribution >= 4 is 18.0 Å². The first-order valence-electron chi connectivity index (χ1n) is 12.4. The Morgan fingerprint density at radius 1 is 1.05 bits per heavy atom. The lowest BCUT2D eigenvalue weighted by Crippen LogP contribution is -2.60. The van der Waals surface area contributed by atoms with Gasteiger partial charge in [-0.25, -0.2) is 9.59 Å². The number of aliphatic hydroxyl groups excluding tert-OH is 4. The first-order valence-corrected chi connectivity index (χ1v) is 12.4. The number of hydrogen-bond acceptors (Lipinski definition) is 12. The van der Waals surface area contributed by atoms with Crippen LogP contribution in [0.1, 0.15) is 37.8 Å². The number of allylic oxidation sites excluding steroid dienone is 1. The van der Waals surface area contributed by atoms with Gasteiger partial charge in [0.1, 0.15) is 30.2 Å². The number of carbonyl (C=O) groups excluding carboxylic acids is 2. The van der Waals surface area contributed by atoms with Gasteiger partial charge in [-0.3, -0.25) is 4.98 Å². The van der Waals surface area contributed by atoms with Crippen LogP contribution >= 0.6 is 0 Å². The minimum absolute atomic E-state index is 0.245. The molecule has 1 unspecified atom stereocenters. The molecule has 1 aromatic carbocycles. The number of methoxy groups -OCH3 is 2. The van der Waals surface area contributed by atoms with Crippen molar-refractivity contribution in [3.63, 3.8) is 0 Å². The highest BCUT2D eigenvalue weighted by Gasteiger charge is 2.47. The van der Waals surface area contributed by atoms with Crippen LogP contribution in [0.4, 0.5) is 0 Å². The number of esters is 2. The second-order valence-corrected chi connectivity index (χ2v) is 9.23. The van der Waals surface area contributed by atoms with Gasteiger partial charge in [-0.15, -0.1) is 6.58 Å². The summed E-state index contributed by atoms with van der Waals surface area (Å²) in [6.07, 6.45) is -0.735. The molecule has 3 heterocycles. The zero-order valence-electron chi connectivity index (χ0n) is 21.8. The van der Waals surface area contributed by atoms with Gasteiger partial charge in [-0.1, -0.05) is 24.3 Å². The van der Waals surface area contributed by atoms with E-state index in [4.69, 9.17) is 23.7 Å². The van der Waals surface area contributed by atoms with Crippen LogP contribution in [0.5, 0.6) is 5.75 Å². The molecule has 1 saturated heterocycles. The topological polar surface area (TPSA) is 174 Å². The molecule has 0 saturated carbocycles. The van der Waals surface area contributed by atoms with E-state index in [-0.39, 0.29) is 16.9 Å². The van der Waals surface area contributed by atoms with E-state index in [9.17, 15) is 30.0 Å². The largest absolute Gasteiger partial charge is 0.465 e. The lowest BCUT2D eigenvalue weighted by molar-refractivity contribution is -0.333. The zero-order chi connectivity index (χ0) is 29.0. The average Bonchev–Trinajstić information content (AvgIpc) is 2.98. The minimum Gasteiger partial charge on any atom is -0.465 e. The van der Waals surface area contributed by atoms with Crippen LogP contribution in [0, 0.1) is 5.92 Å². The molecule has 8 atom stereocenters. The third-order valence-corrected chi connectivity index (χ3v) is 6.84. The second-order valence-electron chi connectivity index (χ2n) is 9.23. The molecule has 12 heteroatoms. The number of nitrogens with zero attached hydrogens (tertiary/aromatic N) is 1. The van der Waals surface area contributed by atoms with Gasteiger partial charge in [-0.05, 0) is 23.8 Å². The van der Waals surface area contributed by atoms with Gasteiger partial charge in [0, 0.05) is 29.8 Å². The maximum absolute atomic E-state index is 12.7. The Morgan fingerprint density at radius 3 is 2.48 bits per heavy atom. The Balaban J connectivity index is 1.73. The molecule has 0 radical (unpaired) electrons. The summed E-state index contributed by atoms with van der Waals surface area (Å²) in [4.78, 5) is 28.7. The molecule has 4 rings (SSSR count). The van der Waals surface area contributed by atoms with Gasteiger partial charge in [0.2, 0.25) is 6.29 Å². The average molecular weight is 558 g/mol. The Labute approximate surface area is 230 Å². The third kappa shape index (κ3) is 5.77. The van der Waals surface area contributed by atoms with E-state index in [0.717, 1.165) is 0 Å². The first kappa shape index (κ1) is 29.3. The molecule has 0 amide bonds. The highest BCUT2D eigenvalue weighted by molar-refractivity contribution is 5.92. The predicted molar refractivity (Wildman–Crippen MR) is 138 cm³/mol. The fourth-order valence-electron chi connectivity index (χ4n) is 4.75. The number of fused-ring (bicyclic) bond motifs is 1. The number of carbonyl (C=O) groups is 2. The highest BCUT2D eigenvalue weighted by atomic mass is 16.8. The molecule has 1 fully saturated rings. The van der Waals surface area contributed by atoms with E-state index in [1.165, 1.54) is 20.4 Å². The van der Waals surface area contributed by atoms with Crippen molar-refractivity contribution < 1.29 is 53.7 Å². The number of rotatable bonds is 8. The first-order chi connectivity index (χ1) is 19.2. The van der Waals surface area contributed by atoms with Gasteiger partial charge in [0.25, 0.3) is 0 Å². The van der Waals surface area contributed by atoms with Crippen molar-refractivity contribution in [2.24, 2.45) is 5.92 Å². The number of pyridine rings is 1. The maximum Gasteiger partial charge on any atom is 0.339 e. The molecule has 2 aliphatic rings. The van der Waals surface area contributed by atoms with Crippen LogP contribution in [0.15, 0.2) is 55.4 Å². The van der Waals surface area contributed by atoms with Crippen molar-refractivity contribution in [3.05, 3.63) is 77.6 Å². The van der Waals surface area contributed by atoms with E-state index in [2.05, 4.69) is 11.6 Å². The molecular formula is C28H31NO11. The number of ether oxygens (including phenoxy) is 5. The fourth-order valence-corrected chi connectivity index (χ4v) is 4.75. The third-order valence-electron chi connectivity index (χ3n) is 6.84. The van der Waals surface area contributed by atoms with E-state index >= 15 is 0 Å². The van der Waals surface area contributed by atoms with Gasteiger partial charge < -0.3 is 44.1 Å². The number of aliphatic hydroxyl groups is 4. The summed E-state index contributed by atoms with van der Waals surface area (Å²) >= 11 is 0. The van der Waals surface area contributed by atoms with Crippen LogP contribution < -0.4 is 4.74 Å². The number of benzene rings is 1.